The Balaban J connectivity index is 1.94. The van der Waals surface area contributed by atoms with Crippen LogP contribution in [0.2, 0.25) is 0 Å². The summed E-state index contributed by atoms with van der Waals surface area (Å²) in [6.45, 7) is 7.70. The molecule has 1 amide bonds. The second-order valence-corrected chi connectivity index (χ2v) is 6.15. The van der Waals surface area contributed by atoms with E-state index < -0.39 is 0 Å². The molecule has 0 spiro atoms. The van der Waals surface area contributed by atoms with Gasteiger partial charge in [0, 0.05) is 25.0 Å². The van der Waals surface area contributed by atoms with E-state index >= 15 is 0 Å². The third-order valence-electron chi connectivity index (χ3n) is 4.34. The van der Waals surface area contributed by atoms with Gasteiger partial charge in [0.15, 0.2) is 0 Å². The van der Waals surface area contributed by atoms with E-state index in [1.165, 1.54) is 0 Å². The maximum Gasteiger partial charge on any atom is 0.225 e. The predicted molar refractivity (Wildman–Crippen MR) is 71.1 cm³/mol. The highest BCUT2D eigenvalue weighted by molar-refractivity contribution is 5.79. The molecule has 0 aromatic heterocycles. The summed E-state index contributed by atoms with van der Waals surface area (Å²) in [7, 11) is 0. The zero-order chi connectivity index (χ0) is 13.3. The number of carbonyl (C=O) groups is 1. The lowest BCUT2D eigenvalue weighted by atomic mass is 9.79. The van der Waals surface area contributed by atoms with Crippen LogP contribution in [-0.4, -0.2) is 42.1 Å². The lowest BCUT2D eigenvalue weighted by Gasteiger charge is -2.39. The molecule has 1 saturated carbocycles. The second-order valence-electron chi connectivity index (χ2n) is 6.15. The molecule has 1 saturated heterocycles. The van der Waals surface area contributed by atoms with Gasteiger partial charge in [-0.1, -0.05) is 6.92 Å². The molecule has 2 fully saturated rings. The molecule has 1 aliphatic heterocycles. The highest BCUT2D eigenvalue weighted by Gasteiger charge is 2.34. The Morgan fingerprint density at radius 1 is 1.17 bits per heavy atom. The fraction of sp³-hybridized carbons (Fsp3) is 0.929. The van der Waals surface area contributed by atoms with Crippen LogP contribution in [-0.2, 0) is 9.53 Å². The maximum absolute atomic E-state index is 12.5. The molecular formula is C14H26N2O2. The van der Waals surface area contributed by atoms with E-state index in [2.05, 4.69) is 6.92 Å². The van der Waals surface area contributed by atoms with Gasteiger partial charge in [-0.2, -0.15) is 0 Å². The summed E-state index contributed by atoms with van der Waals surface area (Å²) in [5.41, 5.74) is 6.10. The summed E-state index contributed by atoms with van der Waals surface area (Å²) >= 11 is 0. The summed E-state index contributed by atoms with van der Waals surface area (Å²) in [4.78, 5) is 14.5. The average Bonchev–Trinajstić information content (AvgIpc) is 2.30. The van der Waals surface area contributed by atoms with E-state index in [-0.39, 0.29) is 24.2 Å². The van der Waals surface area contributed by atoms with Crippen molar-refractivity contribution in [3.63, 3.8) is 0 Å². The minimum atomic E-state index is 0.133. The molecule has 1 heterocycles. The monoisotopic (exact) mass is 254 g/mol. The Morgan fingerprint density at radius 2 is 1.78 bits per heavy atom. The fourth-order valence-corrected chi connectivity index (χ4v) is 3.20. The number of hydrogen-bond acceptors (Lipinski definition) is 3. The van der Waals surface area contributed by atoms with Crippen molar-refractivity contribution in [1.29, 1.82) is 0 Å². The van der Waals surface area contributed by atoms with Crippen LogP contribution in [0.5, 0.6) is 0 Å². The molecule has 5 atom stereocenters. The Labute approximate surface area is 110 Å². The lowest BCUT2D eigenvalue weighted by Crippen LogP contribution is -2.51. The first-order valence-corrected chi connectivity index (χ1v) is 7.17. The molecule has 4 nitrogen and oxygen atoms in total. The topological polar surface area (TPSA) is 55.6 Å². The van der Waals surface area contributed by atoms with Gasteiger partial charge in [-0.3, -0.25) is 4.79 Å². The lowest BCUT2D eigenvalue weighted by molar-refractivity contribution is -0.148. The number of carbonyl (C=O) groups excluding carboxylic acids is 1. The van der Waals surface area contributed by atoms with E-state index in [9.17, 15) is 4.79 Å². The summed E-state index contributed by atoms with van der Waals surface area (Å²) in [6, 6.07) is 0.184. The van der Waals surface area contributed by atoms with Crippen molar-refractivity contribution in [2.24, 2.45) is 17.6 Å². The molecule has 1 aliphatic carbocycles. The van der Waals surface area contributed by atoms with Crippen molar-refractivity contribution in [2.45, 2.75) is 58.3 Å². The SMILES string of the molecule is CC1CN(C(=O)C2CCC(C)C(N)C2)CC(C)O1. The Kier molecular flexibility index (Phi) is 4.28. The van der Waals surface area contributed by atoms with Crippen LogP contribution in [0.3, 0.4) is 0 Å². The zero-order valence-corrected chi connectivity index (χ0v) is 11.8. The van der Waals surface area contributed by atoms with Gasteiger partial charge in [0.1, 0.15) is 0 Å². The van der Waals surface area contributed by atoms with Gasteiger partial charge in [-0.05, 0) is 39.0 Å². The first kappa shape index (κ1) is 13.8. The molecule has 2 aliphatic rings. The number of morpholine rings is 1. The predicted octanol–water partition coefficient (Wildman–Crippen LogP) is 1.39. The first-order chi connectivity index (χ1) is 8.47. The molecule has 0 aromatic carbocycles. The summed E-state index contributed by atoms with van der Waals surface area (Å²) in [5.74, 6) is 0.977. The van der Waals surface area contributed by atoms with E-state index in [0.717, 1.165) is 32.4 Å². The van der Waals surface area contributed by atoms with Gasteiger partial charge < -0.3 is 15.4 Å². The van der Waals surface area contributed by atoms with Crippen LogP contribution in [0.4, 0.5) is 0 Å². The molecule has 104 valence electrons. The zero-order valence-electron chi connectivity index (χ0n) is 11.8. The van der Waals surface area contributed by atoms with E-state index in [1.54, 1.807) is 0 Å². The van der Waals surface area contributed by atoms with E-state index in [4.69, 9.17) is 10.5 Å². The van der Waals surface area contributed by atoms with Crippen molar-refractivity contribution < 1.29 is 9.53 Å². The molecule has 0 radical (unpaired) electrons. The van der Waals surface area contributed by atoms with Crippen LogP contribution >= 0.6 is 0 Å². The van der Waals surface area contributed by atoms with Crippen LogP contribution in [0, 0.1) is 11.8 Å². The van der Waals surface area contributed by atoms with Gasteiger partial charge in [0.25, 0.3) is 0 Å². The normalized spacial score (nSPS) is 41.8. The molecule has 2 rings (SSSR count). The molecule has 4 heteroatoms. The highest BCUT2D eigenvalue weighted by Crippen LogP contribution is 2.29. The highest BCUT2D eigenvalue weighted by atomic mass is 16.5. The summed E-state index contributed by atoms with van der Waals surface area (Å²) in [6.07, 6.45) is 3.21. The average molecular weight is 254 g/mol. The third-order valence-corrected chi connectivity index (χ3v) is 4.34. The fourth-order valence-electron chi connectivity index (χ4n) is 3.20. The van der Waals surface area contributed by atoms with Gasteiger partial charge >= 0.3 is 0 Å². The van der Waals surface area contributed by atoms with Crippen LogP contribution < -0.4 is 5.73 Å². The largest absolute Gasteiger partial charge is 0.372 e. The van der Waals surface area contributed by atoms with Gasteiger partial charge in [-0.15, -0.1) is 0 Å². The van der Waals surface area contributed by atoms with Crippen molar-refractivity contribution in [1.82, 2.24) is 4.90 Å². The Hall–Kier alpha value is -0.610. The quantitative estimate of drug-likeness (QED) is 0.769. The maximum atomic E-state index is 12.5. The number of nitrogens with two attached hydrogens (primary N) is 1. The van der Waals surface area contributed by atoms with Crippen LogP contribution in [0.15, 0.2) is 0 Å². The molecule has 2 N–H and O–H groups in total. The third kappa shape index (κ3) is 3.04. The molecule has 18 heavy (non-hydrogen) atoms. The molecular weight excluding hydrogens is 228 g/mol. The van der Waals surface area contributed by atoms with Crippen molar-refractivity contribution in [3.8, 4) is 0 Å². The summed E-state index contributed by atoms with van der Waals surface area (Å²) in [5, 5.41) is 0. The summed E-state index contributed by atoms with van der Waals surface area (Å²) < 4.78 is 5.67. The number of ether oxygens (including phenoxy) is 1. The number of rotatable bonds is 1. The molecule has 5 unspecified atom stereocenters. The minimum absolute atomic E-state index is 0.133. The smallest absolute Gasteiger partial charge is 0.225 e. The number of hydrogen-bond donors (Lipinski definition) is 1. The van der Waals surface area contributed by atoms with E-state index in [1.807, 2.05) is 18.7 Å². The molecule has 0 aromatic rings. The molecule has 0 bridgehead atoms. The number of nitrogens with zero attached hydrogens (tertiary/aromatic N) is 1. The van der Waals surface area contributed by atoms with Gasteiger partial charge in [-0.25, -0.2) is 0 Å². The Bertz CT molecular complexity index is 298. The number of amides is 1. The van der Waals surface area contributed by atoms with E-state index in [0.29, 0.717) is 11.8 Å². The van der Waals surface area contributed by atoms with Gasteiger partial charge in [0.05, 0.1) is 12.2 Å². The van der Waals surface area contributed by atoms with Crippen molar-refractivity contribution in [2.75, 3.05) is 13.1 Å². The Morgan fingerprint density at radius 3 is 2.33 bits per heavy atom. The second kappa shape index (κ2) is 5.57. The van der Waals surface area contributed by atoms with Crippen LogP contribution in [0.1, 0.15) is 40.0 Å². The first-order valence-electron chi connectivity index (χ1n) is 7.17. The van der Waals surface area contributed by atoms with Crippen molar-refractivity contribution in [3.05, 3.63) is 0 Å². The standard InChI is InChI=1S/C14H26N2O2/c1-9-4-5-12(6-13(9)15)14(17)16-7-10(2)18-11(3)8-16/h9-13H,4-8,15H2,1-3H3. The van der Waals surface area contributed by atoms with Crippen molar-refractivity contribution >= 4 is 5.91 Å². The van der Waals surface area contributed by atoms with Crippen LogP contribution in [0.25, 0.3) is 0 Å². The minimum Gasteiger partial charge on any atom is -0.372 e. The van der Waals surface area contributed by atoms with Gasteiger partial charge in [0.2, 0.25) is 5.91 Å².